The van der Waals surface area contributed by atoms with E-state index in [-0.39, 0.29) is 33.6 Å². The molecule has 0 radical (unpaired) electrons. The summed E-state index contributed by atoms with van der Waals surface area (Å²) in [5.41, 5.74) is 0.820. The lowest BCUT2D eigenvalue weighted by atomic mass is 9.43. The summed E-state index contributed by atoms with van der Waals surface area (Å²) in [6.07, 6.45) is 4.47. The summed E-state index contributed by atoms with van der Waals surface area (Å²) in [6, 6.07) is 3.64. The van der Waals surface area contributed by atoms with E-state index in [4.69, 9.17) is 4.98 Å². The largest absolute Gasteiger partial charge is 0.400 e. The Hall–Kier alpha value is -2.92. The van der Waals surface area contributed by atoms with E-state index in [1.165, 1.54) is 6.92 Å². The number of nitrogens with one attached hydrogen (secondary N) is 2. The van der Waals surface area contributed by atoms with Gasteiger partial charge in [0.1, 0.15) is 66.4 Å². The molecule has 206 valence electrons. The van der Waals surface area contributed by atoms with Crippen LogP contribution in [0.2, 0.25) is 5.21 Å². The molecule has 0 amide bonds. The summed E-state index contributed by atoms with van der Waals surface area (Å²) < 4.78 is 1.60. The zero-order chi connectivity index (χ0) is 30.1. The lowest BCUT2D eigenvalue weighted by molar-refractivity contribution is 0.101. The molecular weight excluding hydrogens is 510 g/mol. The standard InChI is InChI=1S/C24H36B7N7O3/c1-11-15-8-34-20(35-16-4-3-13(7-33-16)38-23(28,29)9-32-10-24(38,30)31)36-18(15)37(19(40)17(11)12(2)39)14-5-21(25,26)22(27,41)6-14/h3-4,7-8,14,32,41H,5-6,9-10,25-31H2,1-2H3,(H,33,34,35,36). The van der Waals surface area contributed by atoms with Gasteiger partial charge in [0.15, 0.2) is 5.78 Å². The average Bonchev–Trinajstić information content (AvgIpc) is 3.05. The smallest absolute Gasteiger partial charge is 0.263 e. The van der Waals surface area contributed by atoms with Crippen LogP contribution in [0.25, 0.3) is 11.0 Å². The number of hydrogen-bond acceptors (Lipinski definition) is 9. The molecule has 10 nitrogen and oxygen atoms in total. The average molecular weight is 546 g/mol. The molecule has 5 rings (SSSR count). The molecule has 1 saturated carbocycles. The number of fused-ring (bicyclic) bond motifs is 1. The number of pyridine rings is 2. The van der Waals surface area contributed by atoms with Gasteiger partial charge >= 0.3 is 0 Å². The Labute approximate surface area is 247 Å². The van der Waals surface area contributed by atoms with E-state index in [1.807, 2.05) is 34.0 Å². The first kappa shape index (κ1) is 29.6. The number of aromatic nitrogens is 4. The number of rotatable bonds is 5. The third-order valence-electron chi connectivity index (χ3n) is 9.33. The molecular formula is C24H36B7N7O3. The lowest BCUT2D eigenvalue weighted by Gasteiger charge is -2.55. The summed E-state index contributed by atoms with van der Waals surface area (Å²) in [5, 5.41) is 17.9. The van der Waals surface area contributed by atoms with Crippen molar-refractivity contribution in [1.82, 2.24) is 24.8 Å². The van der Waals surface area contributed by atoms with E-state index >= 15 is 0 Å². The normalized spacial score (nSPS) is 24.8. The highest BCUT2D eigenvalue weighted by Gasteiger charge is 2.49. The highest BCUT2D eigenvalue weighted by Crippen LogP contribution is 2.51. The summed E-state index contributed by atoms with van der Waals surface area (Å²) in [4.78, 5) is 42.7. The fourth-order valence-corrected chi connectivity index (χ4v) is 7.00. The molecule has 3 aromatic heterocycles. The van der Waals surface area contributed by atoms with Crippen molar-refractivity contribution >= 4 is 89.2 Å². The summed E-state index contributed by atoms with van der Waals surface area (Å²) in [6.45, 7) is 4.92. The Morgan fingerprint density at radius 1 is 1.05 bits per heavy atom. The first-order chi connectivity index (χ1) is 18.9. The second-order valence-corrected chi connectivity index (χ2v) is 14.0. The Balaban J connectivity index is 1.54. The van der Waals surface area contributed by atoms with Crippen molar-refractivity contribution in [3.8, 4) is 0 Å². The first-order valence-electron chi connectivity index (χ1n) is 14.3. The monoisotopic (exact) mass is 547 g/mol. The number of aryl methyl sites for hydroxylation is 1. The van der Waals surface area contributed by atoms with Crippen molar-refractivity contribution in [2.75, 3.05) is 23.3 Å². The number of ketones is 1. The van der Waals surface area contributed by atoms with Crippen LogP contribution in [0.15, 0.2) is 29.3 Å². The minimum atomic E-state index is -0.974. The number of carbonyl (C=O) groups excluding carboxylic acids is 1. The summed E-state index contributed by atoms with van der Waals surface area (Å²) in [5.74, 6) is 0.581. The predicted molar refractivity (Wildman–Crippen MR) is 183 cm³/mol. The maximum atomic E-state index is 13.8. The quantitative estimate of drug-likeness (QED) is 0.213. The van der Waals surface area contributed by atoms with Crippen molar-refractivity contribution in [2.24, 2.45) is 0 Å². The van der Waals surface area contributed by atoms with Crippen LogP contribution in [0.3, 0.4) is 0 Å². The molecule has 3 N–H and O–H groups in total. The van der Waals surface area contributed by atoms with Gasteiger partial charge in [-0.25, -0.2) is 9.97 Å². The van der Waals surface area contributed by atoms with Gasteiger partial charge in [-0.2, -0.15) is 4.98 Å². The summed E-state index contributed by atoms with van der Waals surface area (Å²) >= 11 is 0. The van der Waals surface area contributed by atoms with Crippen molar-refractivity contribution in [3.05, 3.63) is 46.0 Å². The molecule has 4 heterocycles. The molecule has 1 aliphatic carbocycles. The van der Waals surface area contributed by atoms with Gasteiger partial charge in [0.25, 0.3) is 5.56 Å². The number of anilines is 3. The van der Waals surface area contributed by atoms with E-state index < -0.39 is 10.7 Å². The minimum absolute atomic E-state index is 0.0838. The second-order valence-electron chi connectivity index (χ2n) is 14.0. The maximum Gasteiger partial charge on any atom is 0.263 e. The molecule has 41 heavy (non-hydrogen) atoms. The number of Topliss-reactive ketones (excluding diaryl/α,β-unsaturated/α-hetero) is 1. The van der Waals surface area contributed by atoms with Gasteiger partial charge in [-0.15, -0.1) is 0 Å². The van der Waals surface area contributed by atoms with Gasteiger partial charge in [-0.05, 0) is 55.1 Å². The van der Waals surface area contributed by atoms with Crippen LogP contribution in [0, 0.1) is 6.92 Å². The van der Waals surface area contributed by atoms with E-state index in [2.05, 4.69) is 56.9 Å². The molecule has 2 unspecified atom stereocenters. The van der Waals surface area contributed by atoms with Crippen LogP contribution < -0.4 is 21.1 Å². The number of nitrogens with zero attached hydrogens (tertiary/aromatic N) is 5. The highest BCUT2D eigenvalue weighted by atomic mass is 16.3. The summed E-state index contributed by atoms with van der Waals surface area (Å²) in [7, 11) is 14.7. The third-order valence-corrected chi connectivity index (χ3v) is 9.33. The van der Waals surface area contributed by atoms with Crippen LogP contribution in [0.5, 0.6) is 0 Å². The fourth-order valence-electron chi connectivity index (χ4n) is 7.00. The number of piperazine rings is 1. The van der Waals surface area contributed by atoms with Crippen molar-refractivity contribution in [3.63, 3.8) is 0 Å². The zero-order valence-corrected chi connectivity index (χ0v) is 25.7. The molecule has 1 saturated heterocycles. The van der Waals surface area contributed by atoms with Crippen LogP contribution in [0.4, 0.5) is 17.5 Å². The van der Waals surface area contributed by atoms with E-state index in [0.29, 0.717) is 41.2 Å². The Morgan fingerprint density at radius 3 is 2.24 bits per heavy atom. The molecule has 17 heteroatoms. The predicted octanol–water partition coefficient (Wildman–Crippen LogP) is -5.27. The van der Waals surface area contributed by atoms with Gasteiger partial charge in [0, 0.05) is 36.2 Å². The minimum Gasteiger partial charge on any atom is -0.400 e. The molecule has 0 spiro atoms. The van der Waals surface area contributed by atoms with E-state index in [9.17, 15) is 14.7 Å². The first-order valence-corrected chi connectivity index (χ1v) is 14.3. The fraction of sp³-hybridized carbons (Fsp3) is 0.458. The van der Waals surface area contributed by atoms with Crippen molar-refractivity contribution in [2.45, 2.75) is 54.1 Å². The highest BCUT2D eigenvalue weighted by molar-refractivity contribution is 6.48. The van der Waals surface area contributed by atoms with E-state index in [1.54, 1.807) is 25.5 Å². The molecule has 0 bridgehead atoms. The van der Waals surface area contributed by atoms with Gasteiger partial charge in [-0.1, -0.05) is 5.21 Å². The van der Waals surface area contributed by atoms with Crippen molar-refractivity contribution in [1.29, 1.82) is 0 Å². The van der Waals surface area contributed by atoms with Crippen LogP contribution >= 0.6 is 0 Å². The lowest BCUT2D eigenvalue weighted by Crippen LogP contribution is -2.74. The Bertz CT molecular complexity index is 1560. The number of aliphatic hydroxyl groups is 1. The molecule has 2 fully saturated rings. The van der Waals surface area contributed by atoms with Crippen molar-refractivity contribution < 1.29 is 9.90 Å². The molecule has 2 atom stereocenters. The van der Waals surface area contributed by atoms with Crippen LogP contribution in [-0.4, -0.2) is 115 Å². The van der Waals surface area contributed by atoms with Gasteiger partial charge in [0.05, 0.1) is 17.4 Å². The maximum absolute atomic E-state index is 13.8. The molecule has 2 aliphatic rings. The molecule has 1 aliphatic heterocycles. The topological polar surface area (TPSA) is 125 Å². The SMILES string of the molecule is BC1(B)CNCC(B)(B)N1c1ccc(Nc2ncc3c(C)c(C(C)=O)c(=O)n(C4CC(B)(B)C(B)(O)C4)c3n2)nc1. The van der Waals surface area contributed by atoms with Crippen LogP contribution in [-0.2, 0) is 0 Å². The molecule has 3 aromatic rings. The van der Waals surface area contributed by atoms with E-state index in [0.717, 1.165) is 18.8 Å². The van der Waals surface area contributed by atoms with Gasteiger partial charge in [0.2, 0.25) is 5.95 Å². The van der Waals surface area contributed by atoms with Gasteiger partial charge < -0.3 is 20.6 Å². The van der Waals surface area contributed by atoms with Crippen LogP contribution in [0.1, 0.15) is 41.7 Å². The number of hydrogen-bond donors (Lipinski definition) is 3. The van der Waals surface area contributed by atoms with Gasteiger partial charge in [-0.3, -0.25) is 14.2 Å². The second kappa shape index (κ2) is 9.83. The Morgan fingerprint density at radius 2 is 1.71 bits per heavy atom. The number of carbonyl (C=O) groups is 1. The zero-order valence-electron chi connectivity index (χ0n) is 25.7. The Kier molecular flexibility index (Phi) is 7.09. The molecule has 0 aromatic carbocycles. The third kappa shape index (κ3) is 5.05.